The molecule has 0 spiro atoms. The molecule has 7 heteroatoms. The van der Waals surface area contributed by atoms with Crippen molar-refractivity contribution in [1.82, 2.24) is 0 Å². The maximum Gasteiger partial charge on any atom is 0.337 e. The number of aromatic carboxylic acids is 1. The van der Waals surface area contributed by atoms with Crippen molar-refractivity contribution < 1.29 is 19.4 Å². The molecule has 38 heavy (non-hydrogen) atoms. The number of rotatable bonds is 6. The number of aliphatic imine (C=N–C) groups is 1. The Morgan fingerprint density at radius 1 is 1.13 bits per heavy atom. The molecule has 0 aliphatic carbocycles. The smallest absolute Gasteiger partial charge is 0.337 e. The molecule has 2 aliphatic heterocycles. The van der Waals surface area contributed by atoms with Crippen LogP contribution in [0.2, 0.25) is 5.02 Å². The molecule has 3 aromatic carbocycles. The van der Waals surface area contributed by atoms with E-state index >= 15 is 0 Å². The van der Waals surface area contributed by atoms with Gasteiger partial charge in [0.1, 0.15) is 5.60 Å². The van der Waals surface area contributed by atoms with Gasteiger partial charge in [-0.15, -0.1) is 0 Å². The van der Waals surface area contributed by atoms with E-state index in [9.17, 15) is 9.90 Å². The van der Waals surface area contributed by atoms with Crippen LogP contribution in [0.15, 0.2) is 53.5 Å². The van der Waals surface area contributed by atoms with Gasteiger partial charge < -0.3 is 19.5 Å². The molecule has 2 heterocycles. The highest BCUT2D eigenvalue weighted by Gasteiger charge is 2.40. The number of ether oxygens (including phenoxy) is 2. The minimum Gasteiger partial charge on any atom is -0.490 e. The summed E-state index contributed by atoms with van der Waals surface area (Å²) in [6.45, 7) is 10.9. The second-order valence-electron chi connectivity index (χ2n) is 11.2. The van der Waals surface area contributed by atoms with Crippen LogP contribution in [0.1, 0.15) is 67.2 Å². The van der Waals surface area contributed by atoms with Gasteiger partial charge in [-0.1, -0.05) is 23.7 Å². The summed E-state index contributed by atoms with van der Waals surface area (Å²) in [4.78, 5) is 19.3. The lowest BCUT2D eigenvalue weighted by atomic mass is 9.80. The summed E-state index contributed by atoms with van der Waals surface area (Å²) in [5, 5.41) is 10.6. The Morgan fingerprint density at radius 3 is 2.58 bits per heavy atom. The molecule has 1 N–H and O–H groups in total. The molecule has 5 rings (SSSR count). The van der Waals surface area contributed by atoms with Gasteiger partial charge in [0, 0.05) is 40.9 Å². The third kappa shape index (κ3) is 4.73. The zero-order chi connectivity index (χ0) is 27.4. The van der Waals surface area contributed by atoms with Crippen molar-refractivity contribution in [1.29, 1.82) is 0 Å². The minimum atomic E-state index is -0.996. The first-order valence-corrected chi connectivity index (χ1v) is 13.2. The van der Waals surface area contributed by atoms with Crippen LogP contribution in [0.4, 0.5) is 11.4 Å². The first-order chi connectivity index (χ1) is 17.9. The molecule has 6 nitrogen and oxygen atoms in total. The maximum absolute atomic E-state index is 12.2. The average Bonchev–Trinajstić information content (AvgIpc) is 3.17. The number of anilines is 2. The molecular weight excluding hydrogens is 500 g/mol. The first kappa shape index (κ1) is 26.1. The lowest BCUT2D eigenvalue weighted by Gasteiger charge is -2.31. The van der Waals surface area contributed by atoms with E-state index in [0.717, 1.165) is 58.0 Å². The van der Waals surface area contributed by atoms with Gasteiger partial charge in [-0.2, -0.15) is 0 Å². The molecule has 0 aromatic heterocycles. The highest BCUT2D eigenvalue weighted by molar-refractivity contribution is 6.30. The summed E-state index contributed by atoms with van der Waals surface area (Å²) in [5.41, 5.74) is 5.85. The van der Waals surface area contributed by atoms with E-state index in [1.807, 2.05) is 49.2 Å². The standard InChI is InChI=1S/C31H33ClN2O4/c1-7-37-25-14-19-16-30(2,3)33-27(26(19)23-17-31(4,5)38-28(23)25)18-11-12-22(29(35)36)24(13-18)34(6)21-10-8-9-20(32)15-21/h8-15H,7,16-17H2,1-6H3,(H,35,36). The molecule has 0 radical (unpaired) electrons. The fraction of sp³-hybridized carbons (Fsp3) is 0.355. The van der Waals surface area contributed by atoms with E-state index < -0.39 is 5.97 Å². The molecule has 198 valence electrons. The summed E-state index contributed by atoms with van der Waals surface area (Å²) >= 11 is 6.25. The van der Waals surface area contributed by atoms with Crippen LogP contribution in [-0.4, -0.2) is 41.6 Å². The molecule has 0 saturated heterocycles. The van der Waals surface area contributed by atoms with Gasteiger partial charge in [-0.3, -0.25) is 4.99 Å². The maximum atomic E-state index is 12.2. The van der Waals surface area contributed by atoms with E-state index in [1.54, 1.807) is 12.1 Å². The number of fused-ring (bicyclic) bond motifs is 3. The van der Waals surface area contributed by atoms with E-state index in [-0.39, 0.29) is 16.7 Å². The van der Waals surface area contributed by atoms with Crippen molar-refractivity contribution in [3.8, 4) is 11.5 Å². The molecule has 0 atom stereocenters. The number of nitrogens with zero attached hydrogens (tertiary/aromatic N) is 2. The molecule has 0 bridgehead atoms. The van der Waals surface area contributed by atoms with Crippen molar-refractivity contribution >= 4 is 34.7 Å². The van der Waals surface area contributed by atoms with Gasteiger partial charge in [-0.25, -0.2) is 4.79 Å². The second kappa shape index (κ2) is 9.35. The van der Waals surface area contributed by atoms with Crippen LogP contribution >= 0.6 is 11.6 Å². The Morgan fingerprint density at radius 2 is 1.89 bits per heavy atom. The fourth-order valence-corrected chi connectivity index (χ4v) is 5.69. The van der Waals surface area contributed by atoms with E-state index in [1.165, 1.54) is 0 Å². The Hall–Kier alpha value is -3.51. The zero-order valence-electron chi connectivity index (χ0n) is 22.7. The molecule has 0 fully saturated rings. The Bertz CT molecular complexity index is 1470. The third-order valence-corrected chi connectivity index (χ3v) is 7.27. The van der Waals surface area contributed by atoms with Crippen molar-refractivity contribution in [2.45, 2.75) is 58.6 Å². The number of benzene rings is 3. The normalized spacial score (nSPS) is 16.7. The van der Waals surface area contributed by atoms with Crippen LogP contribution < -0.4 is 14.4 Å². The molecule has 3 aromatic rings. The molecule has 0 saturated carbocycles. The van der Waals surface area contributed by atoms with Crippen molar-refractivity contribution in [3.63, 3.8) is 0 Å². The van der Waals surface area contributed by atoms with Gasteiger partial charge in [0.25, 0.3) is 0 Å². The number of carbonyl (C=O) groups is 1. The van der Waals surface area contributed by atoms with E-state index in [0.29, 0.717) is 17.3 Å². The van der Waals surface area contributed by atoms with Crippen LogP contribution in [0.3, 0.4) is 0 Å². The van der Waals surface area contributed by atoms with E-state index in [2.05, 4.69) is 33.8 Å². The van der Waals surface area contributed by atoms with Crippen molar-refractivity contribution in [2.75, 3.05) is 18.6 Å². The highest BCUT2D eigenvalue weighted by Crippen LogP contribution is 2.48. The fourth-order valence-electron chi connectivity index (χ4n) is 5.50. The van der Waals surface area contributed by atoms with Gasteiger partial charge in [0.05, 0.1) is 29.1 Å². The zero-order valence-corrected chi connectivity index (χ0v) is 23.4. The van der Waals surface area contributed by atoms with Crippen LogP contribution in [0.25, 0.3) is 0 Å². The largest absolute Gasteiger partial charge is 0.490 e. The van der Waals surface area contributed by atoms with Gasteiger partial charge in [-0.05, 0) is 83.0 Å². The quantitative estimate of drug-likeness (QED) is 0.367. The lowest BCUT2D eigenvalue weighted by Crippen LogP contribution is -2.31. The monoisotopic (exact) mass is 532 g/mol. The van der Waals surface area contributed by atoms with Gasteiger partial charge in [0.2, 0.25) is 0 Å². The van der Waals surface area contributed by atoms with E-state index in [4.69, 9.17) is 26.1 Å². The van der Waals surface area contributed by atoms with Crippen LogP contribution in [0.5, 0.6) is 11.5 Å². The molecular formula is C31H33ClN2O4. The summed E-state index contributed by atoms with van der Waals surface area (Å²) in [6, 6.07) is 14.9. The van der Waals surface area contributed by atoms with Gasteiger partial charge >= 0.3 is 5.97 Å². The molecule has 2 aliphatic rings. The summed E-state index contributed by atoms with van der Waals surface area (Å²) < 4.78 is 12.4. The number of carboxylic acids is 1. The number of hydrogen-bond donors (Lipinski definition) is 1. The average molecular weight is 533 g/mol. The van der Waals surface area contributed by atoms with Crippen LogP contribution in [-0.2, 0) is 12.8 Å². The van der Waals surface area contributed by atoms with Crippen LogP contribution in [0, 0.1) is 0 Å². The molecule has 0 unspecified atom stereocenters. The predicted molar refractivity (Wildman–Crippen MR) is 152 cm³/mol. The van der Waals surface area contributed by atoms with Gasteiger partial charge in [0.15, 0.2) is 11.5 Å². The third-order valence-electron chi connectivity index (χ3n) is 7.04. The molecule has 0 amide bonds. The Labute approximate surface area is 228 Å². The second-order valence-corrected chi connectivity index (χ2v) is 11.7. The summed E-state index contributed by atoms with van der Waals surface area (Å²) in [6.07, 6.45) is 1.50. The SMILES string of the molecule is CCOc1cc2c(c3c1OC(C)(C)C3)C(c1ccc(C(=O)O)c(N(C)c3cccc(Cl)c3)c1)=NC(C)(C)C2. The lowest BCUT2D eigenvalue weighted by molar-refractivity contribution is 0.0697. The predicted octanol–water partition coefficient (Wildman–Crippen LogP) is 7.09. The summed E-state index contributed by atoms with van der Waals surface area (Å²) in [5.74, 6) is 0.553. The first-order valence-electron chi connectivity index (χ1n) is 12.9. The summed E-state index contributed by atoms with van der Waals surface area (Å²) in [7, 11) is 1.85. The Balaban J connectivity index is 1.72. The topological polar surface area (TPSA) is 71.4 Å². The number of carboxylic acid groups (broad SMARTS) is 1. The number of halogens is 1. The highest BCUT2D eigenvalue weighted by atomic mass is 35.5. The Kier molecular flexibility index (Phi) is 6.42. The van der Waals surface area contributed by atoms with Crippen molar-refractivity contribution in [3.05, 3.63) is 81.4 Å². The minimum absolute atomic E-state index is 0.202. The number of hydrogen-bond acceptors (Lipinski definition) is 5. The van der Waals surface area contributed by atoms with Crippen molar-refractivity contribution in [2.24, 2.45) is 4.99 Å².